The number of carbonyl (C=O) groups is 2. The highest BCUT2D eigenvalue weighted by Gasteiger charge is 2.33. The van der Waals surface area contributed by atoms with Crippen LogP contribution in [0.4, 0.5) is 18.9 Å². The maximum absolute atomic E-state index is 13.0. The number of benzene rings is 2. The van der Waals surface area contributed by atoms with E-state index in [-0.39, 0.29) is 18.0 Å². The maximum Gasteiger partial charge on any atom is 0.418 e. The van der Waals surface area contributed by atoms with Gasteiger partial charge in [-0.1, -0.05) is 66.3 Å². The van der Waals surface area contributed by atoms with Gasteiger partial charge in [0.1, 0.15) is 4.32 Å². The molecule has 3 rings (SSSR count). The van der Waals surface area contributed by atoms with E-state index >= 15 is 0 Å². The molecule has 2 aromatic rings. The van der Waals surface area contributed by atoms with Crippen molar-refractivity contribution in [3.63, 3.8) is 0 Å². The zero-order valence-corrected chi connectivity index (χ0v) is 19.7. The quantitative estimate of drug-likeness (QED) is 0.241. The Morgan fingerprint density at radius 2 is 1.79 bits per heavy atom. The predicted octanol–water partition coefficient (Wildman–Crippen LogP) is 6.76. The molecular formula is C23H20ClF3N2O2S2. The Morgan fingerprint density at radius 1 is 1.09 bits per heavy atom. The first-order valence-electron chi connectivity index (χ1n) is 10.1. The number of alkyl halides is 3. The van der Waals surface area contributed by atoms with Gasteiger partial charge in [0.25, 0.3) is 5.91 Å². The molecule has 10 heteroatoms. The van der Waals surface area contributed by atoms with Crippen LogP contribution in [0.25, 0.3) is 6.08 Å². The molecule has 0 saturated carbocycles. The minimum atomic E-state index is -4.54. The topological polar surface area (TPSA) is 49.4 Å². The highest BCUT2D eigenvalue weighted by atomic mass is 35.5. The van der Waals surface area contributed by atoms with Crippen molar-refractivity contribution in [2.75, 3.05) is 11.9 Å². The first-order chi connectivity index (χ1) is 15.6. The van der Waals surface area contributed by atoms with Gasteiger partial charge in [-0.25, -0.2) is 0 Å². The van der Waals surface area contributed by atoms with Crippen LogP contribution in [0, 0.1) is 0 Å². The van der Waals surface area contributed by atoms with E-state index in [2.05, 4.69) is 5.32 Å². The number of anilines is 1. The van der Waals surface area contributed by atoms with Crippen molar-refractivity contribution in [2.24, 2.45) is 0 Å². The summed E-state index contributed by atoms with van der Waals surface area (Å²) in [6, 6.07) is 12.0. The van der Waals surface area contributed by atoms with Crippen molar-refractivity contribution in [2.45, 2.75) is 31.9 Å². The molecule has 4 nitrogen and oxygen atoms in total. The summed E-state index contributed by atoms with van der Waals surface area (Å²) in [5, 5.41) is 2.94. The van der Waals surface area contributed by atoms with Crippen molar-refractivity contribution in [3.8, 4) is 0 Å². The Bertz CT molecular complexity index is 1070. The Kier molecular flexibility index (Phi) is 8.56. The molecule has 0 unspecified atom stereocenters. The van der Waals surface area contributed by atoms with E-state index < -0.39 is 17.6 Å². The molecule has 174 valence electrons. The smallest absolute Gasteiger partial charge is 0.326 e. The summed E-state index contributed by atoms with van der Waals surface area (Å²) in [4.78, 5) is 26.8. The van der Waals surface area contributed by atoms with Crippen LogP contribution in [0.2, 0.25) is 5.02 Å². The van der Waals surface area contributed by atoms with Crippen molar-refractivity contribution < 1.29 is 22.8 Å². The lowest BCUT2D eigenvalue weighted by Gasteiger charge is -2.14. The number of rotatable bonds is 8. The normalized spacial score (nSPS) is 15.4. The number of para-hydroxylation sites is 1. The minimum absolute atomic E-state index is 0.0844. The molecule has 0 aliphatic carbocycles. The summed E-state index contributed by atoms with van der Waals surface area (Å²) >= 11 is 12.4. The van der Waals surface area contributed by atoms with E-state index in [1.807, 2.05) is 12.1 Å². The van der Waals surface area contributed by atoms with E-state index in [0.29, 0.717) is 40.1 Å². The third kappa shape index (κ3) is 7.06. The maximum atomic E-state index is 13.0. The lowest BCUT2D eigenvalue weighted by Crippen LogP contribution is -2.29. The van der Waals surface area contributed by atoms with Crippen LogP contribution in [0.5, 0.6) is 0 Å². The third-order valence-corrected chi connectivity index (χ3v) is 6.46. The van der Waals surface area contributed by atoms with E-state index in [9.17, 15) is 22.8 Å². The van der Waals surface area contributed by atoms with E-state index in [4.69, 9.17) is 23.8 Å². The number of amides is 2. The molecule has 1 N–H and O–H groups in total. The van der Waals surface area contributed by atoms with Gasteiger partial charge in [-0.05, 0) is 48.7 Å². The molecule has 2 amide bonds. The van der Waals surface area contributed by atoms with Gasteiger partial charge in [-0.2, -0.15) is 13.2 Å². The largest absolute Gasteiger partial charge is 0.418 e. The fourth-order valence-electron chi connectivity index (χ4n) is 3.19. The first kappa shape index (κ1) is 25.3. The Morgan fingerprint density at radius 3 is 2.48 bits per heavy atom. The van der Waals surface area contributed by atoms with Crippen molar-refractivity contribution in [3.05, 3.63) is 69.6 Å². The van der Waals surface area contributed by atoms with Gasteiger partial charge in [-0.3, -0.25) is 14.5 Å². The molecule has 0 bridgehead atoms. The summed E-state index contributed by atoms with van der Waals surface area (Å²) in [5.41, 5.74) is -0.280. The number of nitrogens with one attached hydrogen (secondary N) is 1. The molecule has 1 saturated heterocycles. The number of hydrogen-bond donors (Lipinski definition) is 1. The standard InChI is InChI=1S/C23H20ClF3N2O2S2/c24-16-11-9-15(10-12-16)14-19-21(31)29(22(32)33-19)13-5-1-2-8-20(30)28-18-7-4-3-6-17(18)23(25,26)27/h3-4,6-7,9-12,14H,1-2,5,8,13H2,(H,28,30)/b19-14-. The predicted molar refractivity (Wildman–Crippen MR) is 130 cm³/mol. The van der Waals surface area contributed by atoms with Crippen LogP contribution in [0.3, 0.4) is 0 Å². The molecule has 1 fully saturated rings. The number of thioether (sulfide) groups is 1. The molecule has 0 aromatic heterocycles. The number of thiocarbonyl (C=S) groups is 1. The molecule has 0 atom stereocenters. The first-order valence-corrected chi connectivity index (χ1v) is 11.7. The van der Waals surface area contributed by atoms with Crippen LogP contribution in [-0.2, 0) is 15.8 Å². The highest BCUT2D eigenvalue weighted by Crippen LogP contribution is 2.35. The third-order valence-electron chi connectivity index (χ3n) is 4.83. The summed E-state index contributed by atoms with van der Waals surface area (Å²) < 4.78 is 39.5. The summed E-state index contributed by atoms with van der Waals surface area (Å²) in [6.07, 6.45) is -0.965. The molecule has 1 aliphatic rings. The van der Waals surface area contributed by atoms with Crippen LogP contribution in [-0.4, -0.2) is 27.6 Å². The molecule has 1 aliphatic heterocycles. The zero-order chi connectivity index (χ0) is 24.0. The minimum Gasteiger partial charge on any atom is -0.326 e. The monoisotopic (exact) mass is 512 g/mol. The van der Waals surface area contributed by atoms with Crippen LogP contribution in [0.15, 0.2) is 53.4 Å². The van der Waals surface area contributed by atoms with Gasteiger partial charge >= 0.3 is 6.18 Å². The Labute approximate surface area is 204 Å². The second kappa shape index (κ2) is 11.2. The number of nitrogens with zero attached hydrogens (tertiary/aromatic N) is 1. The van der Waals surface area contributed by atoms with Gasteiger partial charge in [0, 0.05) is 18.0 Å². The molecule has 1 heterocycles. The SMILES string of the molecule is O=C(CCCCCN1C(=O)/C(=C/c2ccc(Cl)cc2)SC1=S)Nc1ccccc1C(F)(F)F. The lowest BCUT2D eigenvalue weighted by atomic mass is 10.1. The molecule has 0 radical (unpaired) electrons. The summed E-state index contributed by atoms with van der Waals surface area (Å²) in [6.45, 7) is 0.418. The number of carbonyl (C=O) groups excluding carboxylic acids is 2. The number of halogens is 4. The van der Waals surface area contributed by atoms with Crippen molar-refractivity contribution >= 4 is 63.5 Å². The Balaban J connectivity index is 1.44. The van der Waals surface area contributed by atoms with E-state index in [1.165, 1.54) is 34.9 Å². The Hall–Kier alpha value is -2.36. The lowest BCUT2D eigenvalue weighted by molar-refractivity contribution is -0.137. The van der Waals surface area contributed by atoms with E-state index in [1.54, 1.807) is 18.2 Å². The van der Waals surface area contributed by atoms with Gasteiger partial charge in [0.2, 0.25) is 5.91 Å². The molecule has 33 heavy (non-hydrogen) atoms. The van der Waals surface area contributed by atoms with E-state index in [0.717, 1.165) is 11.6 Å². The summed E-state index contributed by atoms with van der Waals surface area (Å²) in [5.74, 6) is -0.648. The molecule has 2 aromatic carbocycles. The summed E-state index contributed by atoms with van der Waals surface area (Å²) in [7, 11) is 0. The number of unbranched alkanes of at least 4 members (excludes halogenated alkanes) is 2. The average Bonchev–Trinajstić information content (AvgIpc) is 3.02. The fraction of sp³-hybridized carbons (Fsp3) is 0.261. The van der Waals surface area contributed by atoms with Gasteiger partial charge < -0.3 is 5.32 Å². The molecular weight excluding hydrogens is 493 g/mol. The van der Waals surface area contributed by atoms with Gasteiger partial charge in [-0.15, -0.1) is 0 Å². The number of hydrogen-bond acceptors (Lipinski definition) is 4. The van der Waals surface area contributed by atoms with Crippen molar-refractivity contribution in [1.29, 1.82) is 0 Å². The molecule has 0 spiro atoms. The van der Waals surface area contributed by atoms with Crippen molar-refractivity contribution in [1.82, 2.24) is 4.90 Å². The van der Waals surface area contributed by atoms with Gasteiger partial charge in [0.15, 0.2) is 0 Å². The second-order valence-electron chi connectivity index (χ2n) is 7.29. The van der Waals surface area contributed by atoms with Crippen LogP contribution < -0.4 is 5.32 Å². The van der Waals surface area contributed by atoms with Gasteiger partial charge in [0.05, 0.1) is 16.2 Å². The highest BCUT2D eigenvalue weighted by molar-refractivity contribution is 8.26. The fourth-order valence-corrected chi connectivity index (χ4v) is 4.62. The average molecular weight is 513 g/mol. The second-order valence-corrected chi connectivity index (χ2v) is 9.40. The zero-order valence-electron chi connectivity index (χ0n) is 17.3. The van der Waals surface area contributed by atoms with Crippen LogP contribution >= 0.6 is 35.6 Å². The van der Waals surface area contributed by atoms with Crippen LogP contribution in [0.1, 0.15) is 36.8 Å².